The van der Waals surface area contributed by atoms with Gasteiger partial charge in [-0.05, 0) is 36.4 Å². The number of carbonyl (C=O) groups excluding carboxylic acids is 1. The Hall–Kier alpha value is -2.27. The minimum absolute atomic E-state index is 0.0196. The Morgan fingerprint density at radius 1 is 1.26 bits per heavy atom. The van der Waals surface area contributed by atoms with Crippen molar-refractivity contribution >= 4 is 16.9 Å². The molecule has 2 N–H and O–H groups in total. The van der Waals surface area contributed by atoms with Crippen LogP contribution in [0.5, 0.6) is 5.75 Å². The summed E-state index contributed by atoms with van der Waals surface area (Å²) in [5.41, 5.74) is 1.26. The molecule has 122 valence electrons. The van der Waals surface area contributed by atoms with E-state index in [0.717, 1.165) is 37.1 Å². The molecule has 2 aromatic carbocycles. The molecule has 5 heteroatoms. The van der Waals surface area contributed by atoms with Crippen LogP contribution in [0.2, 0.25) is 0 Å². The Morgan fingerprint density at radius 2 is 2.09 bits per heavy atom. The van der Waals surface area contributed by atoms with Gasteiger partial charge in [-0.2, -0.15) is 0 Å². The number of amides is 1. The number of fused-ring (bicyclic) bond motifs is 1. The molecule has 1 aliphatic heterocycles. The quantitative estimate of drug-likeness (QED) is 0.772. The van der Waals surface area contributed by atoms with Gasteiger partial charge in [0, 0.05) is 11.9 Å². The zero-order valence-corrected chi connectivity index (χ0v) is 13.3. The van der Waals surface area contributed by atoms with Gasteiger partial charge in [0.25, 0.3) is 0 Å². The summed E-state index contributed by atoms with van der Waals surface area (Å²) in [6.45, 7) is 2.34. The molecule has 0 spiro atoms. The monoisotopic (exact) mass is 314 g/mol. The van der Waals surface area contributed by atoms with Crippen molar-refractivity contribution in [2.24, 2.45) is 0 Å². The summed E-state index contributed by atoms with van der Waals surface area (Å²) in [5.74, 6) is 0.903. The third-order valence-corrected chi connectivity index (χ3v) is 4.14. The summed E-state index contributed by atoms with van der Waals surface area (Å²) < 4.78 is 10.5. The number of hydrogen-bond acceptors (Lipinski definition) is 4. The molecule has 1 aliphatic rings. The molecule has 1 unspecified atom stereocenters. The van der Waals surface area contributed by atoms with E-state index in [9.17, 15) is 4.79 Å². The molecule has 5 nitrogen and oxygen atoms in total. The molecule has 0 bridgehead atoms. The van der Waals surface area contributed by atoms with Crippen LogP contribution in [-0.4, -0.2) is 32.4 Å². The maximum absolute atomic E-state index is 10.9. The number of carbonyl (C=O) groups is 1. The topological polar surface area (TPSA) is 59.6 Å². The van der Waals surface area contributed by atoms with Crippen LogP contribution in [0.3, 0.4) is 0 Å². The Labute approximate surface area is 136 Å². The first kappa shape index (κ1) is 15.6. The van der Waals surface area contributed by atoms with Crippen LogP contribution < -0.4 is 15.4 Å². The van der Waals surface area contributed by atoms with Crippen molar-refractivity contribution in [1.82, 2.24) is 10.6 Å². The fourth-order valence-electron chi connectivity index (χ4n) is 2.94. The fourth-order valence-corrected chi connectivity index (χ4v) is 2.94. The zero-order valence-electron chi connectivity index (χ0n) is 13.3. The lowest BCUT2D eigenvalue weighted by molar-refractivity contribution is 0.134. The largest absolute Gasteiger partial charge is 0.496 e. The molecule has 1 fully saturated rings. The second kappa shape index (κ2) is 7.33. The lowest BCUT2D eigenvalue weighted by atomic mass is 10.0. The smallest absolute Gasteiger partial charge is 0.407 e. The summed E-state index contributed by atoms with van der Waals surface area (Å²) in [5, 5.41) is 8.49. The van der Waals surface area contributed by atoms with Gasteiger partial charge in [0.1, 0.15) is 11.9 Å². The number of hydrogen-bond donors (Lipinski definition) is 2. The van der Waals surface area contributed by atoms with E-state index in [4.69, 9.17) is 9.47 Å². The lowest BCUT2D eigenvalue weighted by Gasteiger charge is -2.12. The zero-order chi connectivity index (χ0) is 16.1. The molecular formula is C18H22N2O3. The molecule has 0 aliphatic carbocycles. The van der Waals surface area contributed by atoms with Gasteiger partial charge in [0.15, 0.2) is 0 Å². The standard InChI is InChI=1S/C18H22N2O3/c1-22-17-9-8-13(15-6-2-3-7-16(15)17)11-19-10-4-5-14-12-20-18(21)23-14/h2-3,6-9,14,19H,4-5,10-12H2,1H3,(H,20,21). The van der Waals surface area contributed by atoms with Crippen molar-refractivity contribution < 1.29 is 14.3 Å². The maximum Gasteiger partial charge on any atom is 0.407 e. The second-order valence-electron chi connectivity index (χ2n) is 5.70. The molecule has 1 saturated heterocycles. The maximum atomic E-state index is 10.9. The van der Waals surface area contributed by atoms with E-state index in [1.165, 1.54) is 10.9 Å². The fraction of sp³-hybridized carbons (Fsp3) is 0.389. The van der Waals surface area contributed by atoms with Crippen LogP contribution in [0.25, 0.3) is 10.8 Å². The van der Waals surface area contributed by atoms with Gasteiger partial charge in [-0.3, -0.25) is 0 Å². The van der Waals surface area contributed by atoms with Crippen LogP contribution in [0.4, 0.5) is 4.79 Å². The first-order valence-corrected chi connectivity index (χ1v) is 7.98. The second-order valence-corrected chi connectivity index (χ2v) is 5.70. The average Bonchev–Trinajstić information content (AvgIpc) is 3.00. The minimum Gasteiger partial charge on any atom is -0.496 e. The van der Waals surface area contributed by atoms with Crippen LogP contribution in [0.15, 0.2) is 36.4 Å². The van der Waals surface area contributed by atoms with E-state index < -0.39 is 0 Å². The van der Waals surface area contributed by atoms with E-state index in [2.05, 4.69) is 28.8 Å². The van der Waals surface area contributed by atoms with Gasteiger partial charge in [0.2, 0.25) is 0 Å². The molecule has 2 aromatic rings. The van der Waals surface area contributed by atoms with Crippen molar-refractivity contribution in [3.63, 3.8) is 0 Å². The van der Waals surface area contributed by atoms with E-state index >= 15 is 0 Å². The average molecular weight is 314 g/mol. The molecular weight excluding hydrogens is 292 g/mol. The molecule has 0 aromatic heterocycles. The number of ether oxygens (including phenoxy) is 2. The van der Waals surface area contributed by atoms with Gasteiger partial charge >= 0.3 is 6.09 Å². The van der Waals surface area contributed by atoms with Gasteiger partial charge in [0.05, 0.1) is 13.7 Å². The van der Waals surface area contributed by atoms with Crippen molar-refractivity contribution in [1.29, 1.82) is 0 Å². The highest BCUT2D eigenvalue weighted by atomic mass is 16.6. The Bertz CT molecular complexity index is 687. The minimum atomic E-state index is -0.298. The predicted molar refractivity (Wildman–Crippen MR) is 89.7 cm³/mol. The van der Waals surface area contributed by atoms with Gasteiger partial charge < -0.3 is 20.1 Å². The van der Waals surface area contributed by atoms with Crippen LogP contribution >= 0.6 is 0 Å². The highest BCUT2D eigenvalue weighted by Gasteiger charge is 2.21. The van der Waals surface area contributed by atoms with Crippen LogP contribution in [-0.2, 0) is 11.3 Å². The number of cyclic esters (lactones) is 1. The Morgan fingerprint density at radius 3 is 2.83 bits per heavy atom. The van der Waals surface area contributed by atoms with Crippen molar-refractivity contribution in [3.05, 3.63) is 42.0 Å². The molecule has 23 heavy (non-hydrogen) atoms. The highest BCUT2D eigenvalue weighted by molar-refractivity contribution is 5.91. The normalized spacial score (nSPS) is 17.1. The third kappa shape index (κ3) is 3.74. The molecule has 1 amide bonds. The molecule has 1 heterocycles. The van der Waals surface area contributed by atoms with Crippen LogP contribution in [0, 0.1) is 0 Å². The first-order valence-electron chi connectivity index (χ1n) is 7.98. The van der Waals surface area contributed by atoms with E-state index in [1.54, 1.807) is 7.11 Å². The molecule has 1 atom stereocenters. The van der Waals surface area contributed by atoms with Crippen molar-refractivity contribution in [2.75, 3.05) is 20.2 Å². The van der Waals surface area contributed by atoms with E-state index in [-0.39, 0.29) is 12.2 Å². The number of methoxy groups -OCH3 is 1. The first-order chi connectivity index (χ1) is 11.3. The van der Waals surface area contributed by atoms with E-state index in [0.29, 0.717) is 6.54 Å². The molecule has 0 saturated carbocycles. The Balaban J connectivity index is 1.52. The number of nitrogens with one attached hydrogen (secondary N) is 2. The molecule has 0 radical (unpaired) electrons. The summed E-state index contributed by atoms with van der Waals surface area (Å²) in [6.07, 6.45) is 1.58. The number of rotatable bonds is 7. The number of benzene rings is 2. The van der Waals surface area contributed by atoms with Crippen molar-refractivity contribution in [3.8, 4) is 5.75 Å². The van der Waals surface area contributed by atoms with Crippen molar-refractivity contribution in [2.45, 2.75) is 25.5 Å². The van der Waals surface area contributed by atoms with E-state index in [1.807, 2.05) is 18.2 Å². The molecule has 3 rings (SSSR count). The summed E-state index contributed by atoms with van der Waals surface area (Å²) in [4.78, 5) is 10.9. The Kier molecular flexibility index (Phi) is 4.98. The number of alkyl carbamates (subject to hydrolysis) is 1. The summed E-state index contributed by atoms with van der Waals surface area (Å²) in [6, 6.07) is 12.4. The van der Waals surface area contributed by atoms with Gasteiger partial charge in [-0.15, -0.1) is 0 Å². The highest BCUT2D eigenvalue weighted by Crippen LogP contribution is 2.28. The summed E-state index contributed by atoms with van der Waals surface area (Å²) >= 11 is 0. The van der Waals surface area contributed by atoms with Crippen LogP contribution in [0.1, 0.15) is 18.4 Å². The summed E-state index contributed by atoms with van der Waals surface area (Å²) in [7, 11) is 1.70. The third-order valence-electron chi connectivity index (χ3n) is 4.14. The SMILES string of the molecule is COc1ccc(CNCCCC2CNC(=O)O2)c2ccccc12. The van der Waals surface area contributed by atoms with Gasteiger partial charge in [-0.1, -0.05) is 30.3 Å². The predicted octanol–water partition coefficient (Wildman–Crippen LogP) is 2.83. The lowest BCUT2D eigenvalue weighted by Crippen LogP contribution is -2.19. The van der Waals surface area contributed by atoms with Gasteiger partial charge in [-0.25, -0.2) is 4.79 Å².